The predicted molar refractivity (Wildman–Crippen MR) is 180 cm³/mol. The van der Waals surface area contributed by atoms with Crippen LogP contribution in [0.1, 0.15) is 195 Å². The molecule has 2 aliphatic rings. The van der Waals surface area contributed by atoms with Crippen LogP contribution in [-0.4, -0.2) is 37.1 Å². The van der Waals surface area contributed by atoms with Gasteiger partial charge in [0.25, 0.3) is 0 Å². The highest BCUT2D eigenvalue weighted by Gasteiger charge is 2.46. The molecule has 0 aliphatic heterocycles. The van der Waals surface area contributed by atoms with Crippen LogP contribution < -0.4 is 5.32 Å². The Labute approximate surface area is 254 Å². The lowest BCUT2D eigenvalue weighted by atomic mass is 9.55. The second-order valence-corrected chi connectivity index (χ2v) is 14.8. The van der Waals surface area contributed by atoms with Crippen LogP contribution in [0, 0.1) is 17.3 Å². The smallest absolute Gasteiger partial charge is 0.00927 e. The van der Waals surface area contributed by atoms with Crippen LogP contribution in [0.25, 0.3) is 0 Å². The second-order valence-electron chi connectivity index (χ2n) is 14.8. The maximum Gasteiger partial charge on any atom is 0.00927 e. The molecule has 1 N–H and O–H groups in total. The van der Waals surface area contributed by atoms with Crippen LogP contribution in [-0.2, 0) is 0 Å². The molecule has 1 spiro atoms. The molecule has 2 unspecified atom stereocenters. The molecule has 0 aromatic carbocycles. The summed E-state index contributed by atoms with van der Waals surface area (Å²) in [6, 6.07) is 1.64. The minimum absolute atomic E-state index is 0.724. The van der Waals surface area contributed by atoms with E-state index >= 15 is 0 Å². The zero-order valence-electron chi connectivity index (χ0n) is 28.6. The fourth-order valence-corrected chi connectivity index (χ4v) is 8.28. The largest absolute Gasteiger partial charge is 0.314 e. The predicted octanol–water partition coefficient (Wildman–Crippen LogP) is 11.7. The highest BCUT2D eigenvalue weighted by molar-refractivity contribution is 4.99. The van der Waals surface area contributed by atoms with Gasteiger partial charge in [-0.2, -0.15) is 0 Å². The van der Waals surface area contributed by atoms with Gasteiger partial charge in [0, 0.05) is 18.6 Å². The number of hydrogen-bond acceptors (Lipinski definition) is 2. The van der Waals surface area contributed by atoms with Gasteiger partial charge in [-0.15, -0.1) is 0 Å². The van der Waals surface area contributed by atoms with Crippen molar-refractivity contribution in [2.24, 2.45) is 17.3 Å². The maximum absolute atomic E-state index is 4.10. The van der Waals surface area contributed by atoms with E-state index in [0.29, 0.717) is 0 Å². The van der Waals surface area contributed by atoms with E-state index in [2.05, 4.69) is 45.0 Å². The lowest BCUT2D eigenvalue weighted by Gasteiger charge is -2.53. The van der Waals surface area contributed by atoms with E-state index in [4.69, 9.17) is 0 Å². The van der Waals surface area contributed by atoms with Gasteiger partial charge in [-0.1, -0.05) is 130 Å². The second kappa shape index (κ2) is 22.5. The van der Waals surface area contributed by atoms with E-state index < -0.39 is 0 Å². The Bertz CT molecular complexity index is 558. The van der Waals surface area contributed by atoms with Gasteiger partial charge in [0.2, 0.25) is 0 Å². The summed E-state index contributed by atoms with van der Waals surface area (Å²) in [4.78, 5) is 2.81. The van der Waals surface area contributed by atoms with Crippen molar-refractivity contribution in [3.63, 3.8) is 0 Å². The van der Waals surface area contributed by atoms with Crippen LogP contribution >= 0.6 is 0 Å². The first kappa shape index (κ1) is 36.1. The van der Waals surface area contributed by atoms with Gasteiger partial charge in [0.1, 0.15) is 0 Å². The van der Waals surface area contributed by atoms with Crippen molar-refractivity contribution in [3.05, 3.63) is 0 Å². The van der Waals surface area contributed by atoms with Crippen molar-refractivity contribution in [1.82, 2.24) is 10.2 Å². The van der Waals surface area contributed by atoms with Crippen molar-refractivity contribution in [1.29, 1.82) is 0 Å². The van der Waals surface area contributed by atoms with Crippen LogP contribution in [0.15, 0.2) is 0 Å². The third-order valence-electron chi connectivity index (χ3n) is 11.1. The molecule has 2 aliphatic carbocycles. The summed E-state index contributed by atoms with van der Waals surface area (Å²) in [6.07, 6.45) is 37.4. The Morgan fingerprint density at radius 2 is 1.10 bits per heavy atom. The summed E-state index contributed by atoms with van der Waals surface area (Å²) >= 11 is 0. The minimum atomic E-state index is 0.724. The van der Waals surface area contributed by atoms with E-state index in [0.717, 1.165) is 29.3 Å². The van der Waals surface area contributed by atoms with E-state index in [1.54, 1.807) is 0 Å². The highest BCUT2D eigenvalue weighted by atomic mass is 15.1. The molecule has 2 saturated carbocycles. The van der Waals surface area contributed by atoms with Gasteiger partial charge in [-0.05, 0) is 95.1 Å². The average Bonchev–Trinajstić information content (AvgIpc) is 2.95. The third kappa shape index (κ3) is 14.9. The van der Waals surface area contributed by atoms with Gasteiger partial charge < -0.3 is 10.2 Å². The summed E-state index contributed by atoms with van der Waals surface area (Å²) in [7, 11) is 2.47. The highest BCUT2D eigenvalue weighted by Crippen LogP contribution is 2.55. The van der Waals surface area contributed by atoms with Gasteiger partial charge in [-0.25, -0.2) is 0 Å². The lowest BCUT2D eigenvalue weighted by molar-refractivity contribution is -0.0115. The molecule has 0 amide bonds. The molecule has 40 heavy (non-hydrogen) atoms. The van der Waals surface area contributed by atoms with Crippen LogP contribution in [0.5, 0.6) is 0 Å². The fourth-order valence-electron chi connectivity index (χ4n) is 8.28. The number of nitrogens with zero attached hydrogens (tertiary/aromatic N) is 1. The van der Waals surface area contributed by atoms with E-state index in [1.165, 1.54) is 180 Å². The summed E-state index contributed by atoms with van der Waals surface area (Å²) in [5.41, 5.74) is 0.724. The van der Waals surface area contributed by atoms with Crippen molar-refractivity contribution in [2.45, 2.75) is 207 Å². The average molecular weight is 561 g/mol. The molecule has 2 heteroatoms. The lowest BCUT2D eigenvalue weighted by Crippen LogP contribution is -2.48. The maximum atomic E-state index is 4.10. The Balaban J connectivity index is 1.67. The van der Waals surface area contributed by atoms with Crippen molar-refractivity contribution in [2.75, 3.05) is 20.1 Å². The molecule has 238 valence electrons. The molecular weight excluding hydrogens is 484 g/mol. The summed E-state index contributed by atoms with van der Waals surface area (Å²) in [5.74, 6) is 1.89. The van der Waals surface area contributed by atoms with E-state index in [9.17, 15) is 0 Å². The molecular formula is C38H76N2. The topological polar surface area (TPSA) is 15.3 Å². The fraction of sp³-hybridized carbons (Fsp3) is 1.00. The Morgan fingerprint density at radius 3 is 1.65 bits per heavy atom. The monoisotopic (exact) mass is 561 g/mol. The quantitative estimate of drug-likeness (QED) is 0.106. The van der Waals surface area contributed by atoms with Gasteiger partial charge >= 0.3 is 0 Å². The van der Waals surface area contributed by atoms with E-state index in [-0.39, 0.29) is 0 Å². The molecule has 0 radical (unpaired) electrons. The SMILES string of the molecule is CCCCCCCC(CCCC)CN(C)[C@H]1CCC2(CC1)C[C@@H](CNC(CCCCCC)CCCCCCC)C2. The van der Waals surface area contributed by atoms with Gasteiger partial charge in [0.15, 0.2) is 0 Å². The molecule has 0 heterocycles. The molecule has 2 atom stereocenters. The first-order valence-corrected chi connectivity index (χ1v) is 19.0. The van der Waals surface area contributed by atoms with Crippen LogP contribution in [0.2, 0.25) is 0 Å². The number of hydrogen-bond donors (Lipinski definition) is 1. The van der Waals surface area contributed by atoms with Gasteiger partial charge in [-0.3, -0.25) is 0 Å². The first-order chi connectivity index (χ1) is 19.6. The normalized spacial score (nSPS) is 24.4. The molecule has 0 aromatic rings. The van der Waals surface area contributed by atoms with Crippen molar-refractivity contribution >= 4 is 0 Å². The summed E-state index contributed by atoms with van der Waals surface area (Å²) in [5, 5.41) is 4.10. The molecule has 2 fully saturated rings. The molecule has 2 nitrogen and oxygen atoms in total. The Morgan fingerprint density at radius 1 is 0.625 bits per heavy atom. The number of nitrogens with one attached hydrogen (secondary N) is 1. The zero-order valence-corrected chi connectivity index (χ0v) is 28.6. The molecule has 0 bridgehead atoms. The van der Waals surface area contributed by atoms with Crippen molar-refractivity contribution in [3.8, 4) is 0 Å². The minimum Gasteiger partial charge on any atom is -0.314 e. The molecule has 0 aromatic heterocycles. The molecule has 0 saturated heterocycles. The van der Waals surface area contributed by atoms with Crippen LogP contribution in [0.4, 0.5) is 0 Å². The number of unbranched alkanes of at least 4 members (excludes halogenated alkanes) is 12. The first-order valence-electron chi connectivity index (χ1n) is 19.0. The molecule has 2 rings (SSSR count). The van der Waals surface area contributed by atoms with Crippen molar-refractivity contribution < 1.29 is 0 Å². The summed E-state index contributed by atoms with van der Waals surface area (Å²) < 4.78 is 0. The van der Waals surface area contributed by atoms with Gasteiger partial charge in [0.05, 0.1) is 0 Å². The zero-order chi connectivity index (χ0) is 28.9. The Hall–Kier alpha value is -0.0800. The van der Waals surface area contributed by atoms with E-state index in [1.807, 2.05) is 0 Å². The summed E-state index contributed by atoms with van der Waals surface area (Å²) in [6.45, 7) is 12.0. The van der Waals surface area contributed by atoms with Crippen LogP contribution in [0.3, 0.4) is 0 Å². The number of rotatable bonds is 26. The Kier molecular flexibility index (Phi) is 20.3. The third-order valence-corrected chi connectivity index (χ3v) is 11.1. The standard InChI is InChI=1S/C38H76N2/c1-6-10-14-17-19-23-34(22-13-9-4)33-40(5)37-26-28-38(29-27-37)30-35(31-38)32-39-36(24-20-16-12-8-3)25-21-18-15-11-7-2/h34-37,39H,6-33H2,1-5H3/t34?,35-,36?,37-,38?.